The molecule has 0 amide bonds. The molecule has 0 aromatic heterocycles. The fourth-order valence-electron chi connectivity index (χ4n) is 6.86. The van der Waals surface area contributed by atoms with Gasteiger partial charge in [0.25, 0.3) is 0 Å². The second-order valence-electron chi connectivity index (χ2n) is 11.4. The highest BCUT2D eigenvalue weighted by molar-refractivity contribution is 5.36. The molecule has 0 heterocycles. The van der Waals surface area contributed by atoms with Crippen molar-refractivity contribution in [3.63, 3.8) is 0 Å². The topological polar surface area (TPSA) is 60.7 Å². The molecule has 0 saturated heterocycles. The first-order valence-corrected chi connectivity index (χ1v) is 12.2. The summed E-state index contributed by atoms with van der Waals surface area (Å²) in [5.74, 6) is 1.72. The Bertz CT molecular complexity index is 683. The summed E-state index contributed by atoms with van der Waals surface area (Å²) >= 11 is 0. The number of aliphatic hydroxyl groups is 3. The molecule has 170 valence electrons. The Morgan fingerprint density at radius 1 is 1.20 bits per heavy atom. The molecule has 0 spiro atoms. The third-order valence-electron chi connectivity index (χ3n) is 8.29. The van der Waals surface area contributed by atoms with Crippen LogP contribution in [0.2, 0.25) is 0 Å². The SMILES string of the molecule is C=C1CC[C@@H](O)C/C1=C/C=C1\CCC[C@@]2(C)C1CC[C@@H]2[C@H](C)CC(O)CC(C)(C)O. The van der Waals surface area contributed by atoms with Crippen molar-refractivity contribution in [3.05, 3.63) is 35.5 Å². The molecular weight excluding hydrogens is 372 g/mol. The van der Waals surface area contributed by atoms with Crippen LogP contribution in [0.5, 0.6) is 0 Å². The number of rotatable bonds is 6. The van der Waals surface area contributed by atoms with Crippen LogP contribution in [0.3, 0.4) is 0 Å². The monoisotopic (exact) mass is 416 g/mol. The first-order chi connectivity index (χ1) is 14.0. The molecule has 6 atom stereocenters. The molecule has 3 heteroatoms. The van der Waals surface area contributed by atoms with E-state index in [2.05, 4.69) is 32.6 Å². The second-order valence-corrected chi connectivity index (χ2v) is 11.4. The molecule has 3 aliphatic rings. The zero-order valence-corrected chi connectivity index (χ0v) is 19.7. The van der Waals surface area contributed by atoms with Crippen LogP contribution in [0.15, 0.2) is 35.5 Å². The number of allylic oxidation sites excluding steroid dienone is 4. The van der Waals surface area contributed by atoms with Crippen LogP contribution in [0.25, 0.3) is 0 Å². The molecule has 3 fully saturated rings. The lowest BCUT2D eigenvalue weighted by Crippen LogP contribution is -2.37. The lowest BCUT2D eigenvalue weighted by molar-refractivity contribution is 0.000134. The number of hydrogen-bond acceptors (Lipinski definition) is 3. The predicted octanol–water partition coefficient (Wildman–Crippen LogP) is 5.70. The lowest BCUT2D eigenvalue weighted by Gasteiger charge is -2.44. The summed E-state index contributed by atoms with van der Waals surface area (Å²) in [5, 5.41) is 30.6. The van der Waals surface area contributed by atoms with Crippen LogP contribution in [-0.4, -0.2) is 33.1 Å². The van der Waals surface area contributed by atoms with Gasteiger partial charge in [0.1, 0.15) is 0 Å². The standard InChI is InChI=1S/C27H44O3/c1-18-8-11-22(28)16-21(18)10-9-20-7-6-14-27(5)24(12-13-25(20)27)19(2)15-23(29)17-26(3,4)30/h9-10,19,22-25,28-30H,1,6-8,11-17H2,2-5H3/b20-9+,21-10-/t19-,22-,23?,24-,25?,27-/m1/s1. The molecule has 0 radical (unpaired) electrons. The third-order valence-corrected chi connectivity index (χ3v) is 8.29. The van der Waals surface area contributed by atoms with Crippen molar-refractivity contribution >= 4 is 0 Å². The largest absolute Gasteiger partial charge is 0.393 e. The maximum absolute atomic E-state index is 10.5. The average molecular weight is 417 g/mol. The van der Waals surface area contributed by atoms with Crippen molar-refractivity contribution in [1.29, 1.82) is 0 Å². The Balaban J connectivity index is 1.71. The molecule has 2 unspecified atom stereocenters. The van der Waals surface area contributed by atoms with Crippen LogP contribution in [0.1, 0.15) is 91.9 Å². The molecular formula is C27H44O3. The smallest absolute Gasteiger partial charge is 0.0616 e. The Labute approximate surface area is 184 Å². The van der Waals surface area contributed by atoms with E-state index in [1.165, 1.54) is 43.3 Å². The van der Waals surface area contributed by atoms with Gasteiger partial charge in [0.15, 0.2) is 0 Å². The maximum Gasteiger partial charge on any atom is 0.0616 e. The predicted molar refractivity (Wildman–Crippen MR) is 124 cm³/mol. The van der Waals surface area contributed by atoms with E-state index < -0.39 is 11.7 Å². The van der Waals surface area contributed by atoms with Crippen molar-refractivity contribution in [1.82, 2.24) is 0 Å². The Hall–Kier alpha value is -0.900. The molecule has 3 rings (SSSR count). The summed E-state index contributed by atoms with van der Waals surface area (Å²) in [6.45, 7) is 12.6. The molecule has 0 aromatic rings. The van der Waals surface area contributed by atoms with Gasteiger partial charge in [-0.05, 0) is 100 Å². The van der Waals surface area contributed by atoms with Crippen LogP contribution < -0.4 is 0 Å². The number of fused-ring (bicyclic) bond motifs is 1. The first kappa shape index (κ1) is 23.8. The van der Waals surface area contributed by atoms with Gasteiger partial charge in [-0.3, -0.25) is 0 Å². The van der Waals surface area contributed by atoms with Gasteiger partial charge in [-0.15, -0.1) is 0 Å². The minimum atomic E-state index is -0.813. The summed E-state index contributed by atoms with van der Waals surface area (Å²) in [4.78, 5) is 0. The van der Waals surface area contributed by atoms with Crippen molar-refractivity contribution < 1.29 is 15.3 Å². The third kappa shape index (κ3) is 5.47. The zero-order valence-electron chi connectivity index (χ0n) is 19.7. The molecule has 0 bridgehead atoms. The van der Waals surface area contributed by atoms with E-state index in [1.54, 1.807) is 19.4 Å². The second kappa shape index (κ2) is 9.30. The van der Waals surface area contributed by atoms with E-state index in [4.69, 9.17) is 0 Å². The molecule has 3 aliphatic carbocycles. The zero-order chi connectivity index (χ0) is 22.1. The molecule has 3 nitrogen and oxygen atoms in total. The van der Waals surface area contributed by atoms with Crippen molar-refractivity contribution in [3.8, 4) is 0 Å². The van der Waals surface area contributed by atoms with Gasteiger partial charge in [0, 0.05) is 6.42 Å². The average Bonchev–Trinajstić information content (AvgIpc) is 2.98. The summed E-state index contributed by atoms with van der Waals surface area (Å²) < 4.78 is 0. The van der Waals surface area contributed by atoms with Crippen LogP contribution in [-0.2, 0) is 0 Å². The Kier molecular flexibility index (Phi) is 7.37. The summed E-state index contributed by atoms with van der Waals surface area (Å²) in [7, 11) is 0. The van der Waals surface area contributed by atoms with Gasteiger partial charge in [0.2, 0.25) is 0 Å². The lowest BCUT2D eigenvalue weighted by atomic mass is 9.60. The molecule has 3 saturated carbocycles. The van der Waals surface area contributed by atoms with E-state index in [0.717, 1.165) is 25.7 Å². The molecule has 3 N–H and O–H groups in total. The van der Waals surface area contributed by atoms with Crippen LogP contribution in [0.4, 0.5) is 0 Å². The Morgan fingerprint density at radius 3 is 2.63 bits per heavy atom. The van der Waals surface area contributed by atoms with Crippen molar-refractivity contribution in [2.75, 3.05) is 0 Å². The number of hydrogen-bond donors (Lipinski definition) is 3. The van der Waals surface area contributed by atoms with Gasteiger partial charge >= 0.3 is 0 Å². The van der Waals surface area contributed by atoms with Gasteiger partial charge in [-0.2, -0.15) is 0 Å². The van der Waals surface area contributed by atoms with Crippen LogP contribution >= 0.6 is 0 Å². The minimum Gasteiger partial charge on any atom is -0.393 e. The van der Waals surface area contributed by atoms with Crippen molar-refractivity contribution in [2.45, 2.75) is 110 Å². The van der Waals surface area contributed by atoms with Crippen molar-refractivity contribution in [2.24, 2.45) is 23.2 Å². The quantitative estimate of drug-likeness (QED) is 0.520. The highest BCUT2D eigenvalue weighted by Gasteiger charge is 2.50. The summed E-state index contributed by atoms with van der Waals surface area (Å²) in [5.41, 5.74) is 3.49. The van der Waals surface area contributed by atoms with E-state index in [-0.39, 0.29) is 6.10 Å². The highest BCUT2D eigenvalue weighted by Crippen LogP contribution is 2.60. The van der Waals surface area contributed by atoms with Gasteiger partial charge in [-0.25, -0.2) is 0 Å². The van der Waals surface area contributed by atoms with E-state index in [9.17, 15) is 15.3 Å². The Morgan fingerprint density at radius 2 is 1.93 bits per heavy atom. The van der Waals surface area contributed by atoms with Crippen LogP contribution in [0, 0.1) is 23.2 Å². The fraction of sp³-hybridized carbons (Fsp3) is 0.778. The van der Waals surface area contributed by atoms with Gasteiger partial charge in [-0.1, -0.05) is 43.7 Å². The molecule has 0 aliphatic heterocycles. The summed E-state index contributed by atoms with van der Waals surface area (Å²) in [6.07, 6.45) is 13.8. The first-order valence-electron chi connectivity index (χ1n) is 12.2. The molecule has 0 aromatic carbocycles. The highest BCUT2D eigenvalue weighted by atomic mass is 16.3. The van der Waals surface area contributed by atoms with Gasteiger partial charge in [0.05, 0.1) is 17.8 Å². The van der Waals surface area contributed by atoms with E-state index >= 15 is 0 Å². The van der Waals surface area contributed by atoms with E-state index in [1.807, 2.05) is 0 Å². The maximum atomic E-state index is 10.5. The molecule has 30 heavy (non-hydrogen) atoms. The van der Waals surface area contributed by atoms with E-state index in [0.29, 0.717) is 29.6 Å². The normalized spacial score (nSPS) is 37.4. The fourth-order valence-corrected chi connectivity index (χ4v) is 6.86. The minimum absolute atomic E-state index is 0.219. The summed E-state index contributed by atoms with van der Waals surface area (Å²) in [6, 6.07) is 0. The van der Waals surface area contributed by atoms with Gasteiger partial charge < -0.3 is 15.3 Å². The number of aliphatic hydroxyl groups excluding tert-OH is 2.